The fourth-order valence-electron chi connectivity index (χ4n) is 3.40. The van der Waals surface area contributed by atoms with Gasteiger partial charge in [0, 0.05) is 30.1 Å². The van der Waals surface area contributed by atoms with Crippen molar-refractivity contribution in [2.75, 3.05) is 14.2 Å². The van der Waals surface area contributed by atoms with Crippen LogP contribution in [0.2, 0.25) is 0 Å². The summed E-state index contributed by atoms with van der Waals surface area (Å²) in [7, 11) is -3.12. The molecule has 174 valence electrons. The lowest BCUT2D eigenvalue weighted by molar-refractivity contribution is 0.448. The van der Waals surface area contributed by atoms with Crippen molar-refractivity contribution in [1.29, 1.82) is 0 Å². The lowest BCUT2D eigenvalue weighted by atomic mass is 10.4. The Morgan fingerprint density at radius 2 is 1.06 bits per heavy atom. The maximum Gasteiger partial charge on any atom is 0.327 e. The highest BCUT2D eigenvalue weighted by molar-refractivity contribution is 8.15. The third-order valence-electron chi connectivity index (χ3n) is 4.79. The smallest absolute Gasteiger partial charge is 0.319 e. The molecule has 3 aromatic carbocycles. The topological polar surface area (TPSA) is 67.9 Å². The molecule has 0 fully saturated rings. The van der Waals surface area contributed by atoms with Crippen molar-refractivity contribution in [3.05, 3.63) is 91.0 Å². The lowest BCUT2D eigenvalue weighted by Gasteiger charge is -2.31. The van der Waals surface area contributed by atoms with Crippen molar-refractivity contribution in [2.45, 2.75) is 0 Å². The first-order chi connectivity index (χ1) is 15.8. The Morgan fingerprint density at radius 3 is 1.42 bits per heavy atom. The number of nitrogens with zero attached hydrogens (tertiary/aromatic N) is 4. The van der Waals surface area contributed by atoms with Gasteiger partial charge in [-0.1, -0.05) is 91.0 Å². The van der Waals surface area contributed by atoms with E-state index in [1.165, 1.54) is 14.2 Å². The first-order valence-electron chi connectivity index (χ1n) is 9.69. The fourth-order valence-corrected chi connectivity index (χ4v) is 21.4. The van der Waals surface area contributed by atoms with Crippen molar-refractivity contribution in [3.63, 3.8) is 0 Å². The molecule has 0 saturated heterocycles. The highest BCUT2D eigenvalue weighted by atomic mass is 35.9. The number of benzene rings is 3. The van der Waals surface area contributed by atoms with Crippen LogP contribution in [0.15, 0.2) is 109 Å². The van der Waals surface area contributed by atoms with Crippen LogP contribution < -0.4 is 15.9 Å². The van der Waals surface area contributed by atoms with E-state index in [9.17, 15) is 0 Å². The molecule has 33 heavy (non-hydrogen) atoms. The Bertz CT molecular complexity index is 1260. The van der Waals surface area contributed by atoms with Gasteiger partial charge in [0.25, 0.3) is 5.91 Å². The molecule has 4 rings (SSSR count). The summed E-state index contributed by atoms with van der Waals surface area (Å²) < 4.78 is 30.3. The standard InChI is InChI=1S/C20H21Cl3N4O2P4/c1-28-32(23)25-31(21,22)26-33(27-32,29-2)24-30(18-12-6-3-7-13-18,19-14-8-4-9-15-19)20-16-10-5-11-17-20/h3-17H,1-2H3/t32-,33+/m0/s1. The zero-order valence-corrected chi connectivity index (χ0v) is 23.5. The van der Waals surface area contributed by atoms with Crippen molar-refractivity contribution < 1.29 is 9.05 Å². The Kier molecular flexibility index (Phi) is 7.84. The van der Waals surface area contributed by atoms with Crippen LogP contribution in [-0.4, -0.2) is 14.2 Å². The SMILES string of the molecule is CO[P@]1(Cl)=N[P@](N=P(c2ccccc2)(c2ccccc2)c2ccccc2)(OC)=NP(Cl)(Cl)=N1. The van der Waals surface area contributed by atoms with E-state index in [4.69, 9.17) is 47.3 Å². The highest BCUT2D eigenvalue weighted by Crippen LogP contribution is 2.85. The monoisotopic (exact) mass is 578 g/mol. The van der Waals surface area contributed by atoms with Gasteiger partial charge in [0.2, 0.25) is 0 Å². The van der Waals surface area contributed by atoms with Crippen molar-refractivity contribution in [2.24, 2.45) is 18.1 Å². The normalized spacial score (nSPS) is 24.2. The van der Waals surface area contributed by atoms with E-state index in [2.05, 4.69) is 49.9 Å². The Balaban J connectivity index is 2.24. The molecule has 2 atom stereocenters. The first kappa shape index (κ1) is 25.5. The second-order valence-corrected chi connectivity index (χ2v) is 20.8. The number of rotatable bonds is 6. The van der Waals surface area contributed by atoms with Gasteiger partial charge in [-0.05, 0) is 33.7 Å². The molecule has 0 aliphatic carbocycles. The zero-order chi connectivity index (χ0) is 23.6. The van der Waals surface area contributed by atoms with E-state index >= 15 is 0 Å². The van der Waals surface area contributed by atoms with E-state index in [1.807, 2.05) is 54.6 Å². The molecule has 0 saturated carbocycles. The lowest BCUT2D eigenvalue weighted by Crippen LogP contribution is -2.25. The quantitative estimate of drug-likeness (QED) is 0.274. The number of hydrogen-bond acceptors (Lipinski definition) is 6. The van der Waals surface area contributed by atoms with Crippen molar-refractivity contribution >= 4 is 77.0 Å². The molecule has 1 heterocycles. The molecular formula is C20H21Cl3N4O2P4. The summed E-state index contributed by atoms with van der Waals surface area (Å²) >= 11 is 19.7. The molecule has 0 radical (unpaired) electrons. The summed E-state index contributed by atoms with van der Waals surface area (Å²) in [4.78, 5) is 0. The molecule has 13 heteroatoms. The van der Waals surface area contributed by atoms with Gasteiger partial charge < -0.3 is 9.05 Å². The molecule has 0 spiro atoms. The van der Waals surface area contributed by atoms with Crippen LogP contribution >= 0.6 is 61.1 Å². The maximum atomic E-state index is 6.63. The Hall–Kier alpha value is -0.630. The Morgan fingerprint density at radius 1 is 0.636 bits per heavy atom. The predicted molar refractivity (Wildman–Crippen MR) is 147 cm³/mol. The fraction of sp³-hybridized carbons (Fsp3) is 0.100. The third kappa shape index (κ3) is 5.31. The summed E-state index contributed by atoms with van der Waals surface area (Å²) in [6, 6.07) is 30.2. The summed E-state index contributed by atoms with van der Waals surface area (Å²) in [6.45, 7) is -3.20. The van der Waals surface area contributed by atoms with Crippen LogP contribution in [0.3, 0.4) is 0 Å². The molecule has 1 aliphatic heterocycles. The summed E-state index contributed by atoms with van der Waals surface area (Å²) in [5, 5.41) is 3.03. The average Bonchev–Trinajstić information content (AvgIpc) is 2.83. The summed E-state index contributed by atoms with van der Waals surface area (Å²) in [6.07, 6.45) is 0. The highest BCUT2D eigenvalue weighted by Gasteiger charge is 2.39. The molecular weight excluding hydrogens is 559 g/mol. The van der Waals surface area contributed by atoms with Gasteiger partial charge in [0.15, 0.2) is 0 Å². The molecule has 6 nitrogen and oxygen atoms in total. The van der Waals surface area contributed by atoms with Crippen LogP contribution in [0.25, 0.3) is 0 Å². The zero-order valence-electron chi connectivity index (χ0n) is 17.7. The van der Waals surface area contributed by atoms with E-state index in [1.54, 1.807) is 0 Å². The third-order valence-corrected chi connectivity index (χ3v) is 20.3. The second kappa shape index (κ2) is 10.2. The van der Waals surface area contributed by atoms with E-state index in [-0.39, 0.29) is 0 Å². The van der Waals surface area contributed by atoms with Crippen LogP contribution in [-0.2, 0) is 9.05 Å². The number of hydrogen-bond donors (Lipinski definition) is 0. The Labute approximate surface area is 208 Å². The summed E-state index contributed by atoms with van der Waals surface area (Å²) in [5.41, 5.74) is 0. The van der Waals surface area contributed by atoms with E-state index in [0.717, 1.165) is 15.9 Å². The van der Waals surface area contributed by atoms with Gasteiger partial charge in [-0.2, -0.15) is 13.5 Å². The van der Waals surface area contributed by atoms with E-state index in [0.29, 0.717) is 0 Å². The van der Waals surface area contributed by atoms with Gasteiger partial charge >= 0.3 is 14.4 Å². The van der Waals surface area contributed by atoms with Crippen LogP contribution in [0.1, 0.15) is 0 Å². The minimum absolute atomic E-state index is 1.01. The van der Waals surface area contributed by atoms with Gasteiger partial charge in [-0.15, -0.1) is 0 Å². The molecule has 3 aromatic rings. The van der Waals surface area contributed by atoms with Gasteiger partial charge in [0.05, 0.1) is 7.05 Å². The molecule has 0 aromatic heterocycles. The van der Waals surface area contributed by atoms with Gasteiger partial charge in [-0.25, -0.2) is 4.52 Å². The molecule has 0 amide bonds. The van der Waals surface area contributed by atoms with Crippen LogP contribution in [0, 0.1) is 0 Å². The van der Waals surface area contributed by atoms with Gasteiger partial charge in [-0.3, -0.25) is 0 Å². The maximum absolute atomic E-state index is 6.63. The van der Waals surface area contributed by atoms with Crippen molar-refractivity contribution in [3.8, 4) is 0 Å². The largest absolute Gasteiger partial charge is 0.327 e. The average molecular weight is 580 g/mol. The molecule has 1 aliphatic rings. The molecule has 0 N–H and O–H groups in total. The minimum Gasteiger partial charge on any atom is -0.319 e. The summed E-state index contributed by atoms with van der Waals surface area (Å²) in [5.74, 6) is -3.23. The van der Waals surface area contributed by atoms with Crippen molar-refractivity contribution in [1.82, 2.24) is 0 Å². The first-order valence-corrected chi connectivity index (χ1v) is 19.0. The van der Waals surface area contributed by atoms with Crippen LogP contribution in [0.4, 0.5) is 0 Å². The second-order valence-electron chi connectivity index (χ2n) is 6.81. The predicted octanol–water partition coefficient (Wildman–Crippen LogP) is 9.03. The van der Waals surface area contributed by atoms with Gasteiger partial charge in [0.1, 0.15) is 0 Å². The minimum atomic E-state index is -3.34. The number of halogens is 3. The molecule has 0 bridgehead atoms. The molecule has 0 unspecified atom stereocenters. The van der Waals surface area contributed by atoms with E-state index < -0.39 is 27.3 Å². The van der Waals surface area contributed by atoms with Crippen LogP contribution in [0.5, 0.6) is 0 Å².